The second-order valence-electron chi connectivity index (χ2n) is 5.54. The van der Waals surface area contributed by atoms with Crippen LogP contribution in [0.1, 0.15) is 12.8 Å². The van der Waals surface area contributed by atoms with E-state index in [9.17, 15) is 14.4 Å². The number of imide groups is 1. The molecule has 2 aliphatic heterocycles. The quantitative estimate of drug-likeness (QED) is 0.871. The van der Waals surface area contributed by atoms with E-state index in [1.807, 2.05) is 29.2 Å². The average molecular weight is 303 g/mol. The minimum Gasteiger partial charge on any atom is -0.481 e. The Morgan fingerprint density at radius 1 is 1.14 bits per heavy atom. The van der Waals surface area contributed by atoms with Crippen LogP contribution >= 0.6 is 0 Å². The monoisotopic (exact) mass is 303 g/mol. The maximum absolute atomic E-state index is 11.8. The van der Waals surface area contributed by atoms with Gasteiger partial charge in [-0.3, -0.25) is 19.8 Å². The van der Waals surface area contributed by atoms with Crippen molar-refractivity contribution in [1.82, 2.24) is 5.32 Å². The molecular weight excluding hydrogens is 286 g/mol. The van der Waals surface area contributed by atoms with Gasteiger partial charge in [0.15, 0.2) is 0 Å². The minimum absolute atomic E-state index is 0.255. The summed E-state index contributed by atoms with van der Waals surface area (Å²) in [5.74, 6) is -1.33. The molecule has 0 aliphatic carbocycles. The first-order valence-corrected chi connectivity index (χ1v) is 7.24. The Hall–Kier alpha value is -2.57. The number of benzene rings is 1. The van der Waals surface area contributed by atoms with Gasteiger partial charge in [-0.2, -0.15) is 0 Å². The molecular formula is C15H17N3O4. The van der Waals surface area contributed by atoms with Crippen molar-refractivity contribution in [3.8, 4) is 0 Å². The number of hydrogen-bond donors (Lipinski definition) is 2. The highest BCUT2D eigenvalue weighted by Crippen LogP contribution is 2.27. The van der Waals surface area contributed by atoms with Gasteiger partial charge < -0.3 is 10.0 Å². The van der Waals surface area contributed by atoms with Gasteiger partial charge in [0.25, 0.3) is 0 Å². The normalized spacial score (nSPS) is 21.9. The molecule has 22 heavy (non-hydrogen) atoms. The Labute approximate surface area is 127 Å². The molecule has 2 N–H and O–H groups in total. The Balaban J connectivity index is 1.69. The maximum Gasteiger partial charge on any atom is 0.328 e. The fourth-order valence-electron chi connectivity index (χ4n) is 2.85. The zero-order chi connectivity index (χ0) is 15.7. The molecule has 1 atom stereocenters. The molecule has 1 aromatic rings. The number of carboxylic acid groups (broad SMARTS) is 1. The summed E-state index contributed by atoms with van der Waals surface area (Å²) >= 11 is 0. The SMILES string of the molecule is O=C1CCN(c2ccc(N3CC[C@H](C(=O)O)C3)cc2)C(=O)N1. The van der Waals surface area contributed by atoms with Crippen LogP contribution in [-0.2, 0) is 9.59 Å². The van der Waals surface area contributed by atoms with Crippen LogP contribution in [0.5, 0.6) is 0 Å². The molecule has 0 saturated carbocycles. The molecule has 7 nitrogen and oxygen atoms in total. The molecule has 2 aliphatic rings. The van der Waals surface area contributed by atoms with Crippen molar-refractivity contribution in [2.45, 2.75) is 12.8 Å². The first kappa shape index (κ1) is 14.4. The Morgan fingerprint density at radius 2 is 1.82 bits per heavy atom. The summed E-state index contributed by atoms with van der Waals surface area (Å²) in [7, 11) is 0. The number of anilines is 2. The molecule has 0 aromatic heterocycles. The molecule has 2 heterocycles. The predicted molar refractivity (Wildman–Crippen MR) is 79.9 cm³/mol. The van der Waals surface area contributed by atoms with E-state index in [1.54, 1.807) is 0 Å². The topological polar surface area (TPSA) is 90.0 Å². The van der Waals surface area contributed by atoms with Gasteiger partial charge in [0.2, 0.25) is 5.91 Å². The second kappa shape index (κ2) is 5.67. The van der Waals surface area contributed by atoms with Crippen molar-refractivity contribution in [1.29, 1.82) is 0 Å². The molecule has 0 radical (unpaired) electrons. The number of urea groups is 1. The smallest absolute Gasteiger partial charge is 0.328 e. The first-order chi connectivity index (χ1) is 10.5. The summed E-state index contributed by atoms with van der Waals surface area (Å²) in [6, 6.07) is 6.99. The van der Waals surface area contributed by atoms with Crippen molar-refractivity contribution < 1.29 is 19.5 Å². The number of rotatable bonds is 3. The van der Waals surface area contributed by atoms with Crippen LogP contribution in [0.25, 0.3) is 0 Å². The number of carbonyl (C=O) groups is 3. The number of amides is 3. The molecule has 2 saturated heterocycles. The molecule has 0 bridgehead atoms. The number of carbonyl (C=O) groups excluding carboxylic acids is 2. The Bertz CT molecular complexity index is 614. The average Bonchev–Trinajstić information content (AvgIpc) is 2.98. The zero-order valence-corrected chi connectivity index (χ0v) is 12.0. The minimum atomic E-state index is -0.756. The number of carboxylic acids is 1. The first-order valence-electron chi connectivity index (χ1n) is 7.24. The van der Waals surface area contributed by atoms with Crippen LogP contribution in [0, 0.1) is 5.92 Å². The highest BCUT2D eigenvalue weighted by Gasteiger charge is 2.28. The highest BCUT2D eigenvalue weighted by molar-refractivity contribution is 6.05. The van der Waals surface area contributed by atoms with Crippen LogP contribution in [0.2, 0.25) is 0 Å². The predicted octanol–water partition coefficient (Wildman–Crippen LogP) is 1.04. The van der Waals surface area contributed by atoms with Gasteiger partial charge in [-0.1, -0.05) is 0 Å². The van der Waals surface area contributed by atoms with Gasteiger partial charge >= 0.3 is 12.0 Å². The number of hydrogen-bond acceptors (Lipinski definition) is 4. The van der Waals surface area contributed by atoms with Crippen molar-refractivity contribution in [2.24, 2.45) is 5.92 Å². The van der Waals surface area contributed by atoms with Crippen molar-refractivity contribution in [3.05, 3.63) is 24.3 Å². The van der Waals surface area contributed by atoms with Crippen LogP contribution in [0.4, 0.5) is 16.2 Å². The third kappa shape index (κ3) is 2.74. The van der Waals surface area contributed by atoms with E-state index in [0.717, 1.165) is 17.9 Å². The molecule has 3 amide bonds. The summed E-state index contributed by atoms with van der Waals surface area (Å²) in [5.41, 5.74) is 1.67. The van der Waals surface area contributed by atoms with Gasteiger partial charge in [-0.05, 0) is 30.7 Å². The lowest BCUT2D eigenvalue weighted by Crippen LogP contribution is -2.49. The number of nitrogens with zero attached hydrogens (tertiary/aromatic N) is 2. The summed E-state index contributed by atoms with van der Waals surface area (Å²) in [5, 5.41) is 11.3. The van der Waals surface area contributed by atoms with E-state index in [4.69, 9.17) is 5.11 Å². The lowest BCUT2D eigenvalue weighted by Gasteiger charge is -2.27. The number of nitrogens with one attached hydrogen (secondary N) is 1. The molecule has 2 fully saturated rings. The highest BCUT2D eigenvalue weighted by atomic mass is 16.4. The number of aliphatic carboxylic acids is 1. The van der Waals surface area contributed by atoms with E-state index < -0.39 is 12.0 Å². The van der Waals surface area contributed by atoms with E-state index in [2.05, 4.69) is 5.32 Å². The van der Waals surface area contributed by atoms with Gasteiger partial charge in [-0.25, -0.2) is 4.79 Å². The van der Waals surface area contributed by atoms with E-state index >= 15 is 0 Å². The maximum atomic E-state index is 11.8. The lowest BCUT2D eigenvalue weighted by atomic mass is 10.1. The molecule has 7 heteroatoms. The Morgan fingerprint density at radius 3 is 2.41 bits per heavy atom. The van der Waals surface area contributed by atoms with Gasteiger partial charge in [0.1, 0.15) is 0 Å². The van der Waals surface area contributed by atoms with Crippen molar-refractivity contribution in [2.75, 3.05) is 29.4 Å². The molecule has 1 aromatic carbocycles. The summed E-state index contributed by atoms with van der Waals surface area (Å²) in [6.07, 6.45) is 0.938. The molecule has 116 valence electrons. The standard InChI is InChI=1S/C15H17N3O4/c19-13-6-8-18(15(22)16-13)12-3-1-11(2-4-12)17-7-5-10(9-17)14(20)21/h1-4,10H,5-9H2,(H,20,21)(H,16,19,22)/t10-/m0/s1. The van der Waals surface area contributed by atoms with Crippen LogP contribution in [-0.4, -0.2) is 42.6 Å². The van der Waals surface area contributed by atoms with Crippen molar-refractivity contribution in [3.63, 3.8) is 0 Å². The van der Waals surface area contributed by atoms with E-state index in [0.29, 0.717) is 25.9 Å². The third-order valence-corrected chi connectivity index (χ3v) is 4.12. The van der Waals surface area contributed by atoms with Gasteiger partial charge in [0, 0.05) is 37.4 Å². The fourth-order valence-corrected chi connectivity index (χ4v) is 2.85. The van der Waals surface area contributed by atoms with Crippen LogP contribution in [0.3, 0.4) is 0 Å². The van der Waals surface area contributed by atoms with E-state index in [1.165, 1.54) is 4.90 Å². The molecule has 0 spiro atoms. The molecule has 0 unspecified atom stereocenters. The Kier molecular flexibility index (Phi) is 3.70. The van der Waals surface area contributed by atoms with Crippen LogP contribution < -0.4 is 15.1 Å². The molecule has 3 rings (SSSR count). The van der Waals surface area contributed by atoms with Gasteiger partial charge in [-0.15, -0.1) is 0 Å². The fraction of sp³-hybridized carbons (Fsp3) is 0.400. The van der Waals surface area contributed by atoms with E-state index in [-0.39, 0.29) is 11.8 Å². The summed E-state index contributed by atoms with van der Waals surface area (Å²) in [6.45, 7) is 1.59. The second-order valence-corrected chi connectivity index (χ2v) is 5.54. The summed E-state index contributed by atoms with van der Waals surface area (Å²) in [4.78, 5) is 37.5. The van der Waals surface area contributed by atoms with Crippen LogP contribution in [0.15, 0.2) is 24.3 Å². The van der Waals surface area contributed by atoms with Gasteiger partial charge in [0.05, 0.1) is 5.92 Å². The largest absolute Gasteiger partial charge is 0.481 e. The third-order valence-electron chi connectivity index (χ3n) is 4.12. The lowest BCUT2D eigenvalue weighted by molar-refractivity contribution is -0.140. The van der Waals surface area contributed by atoms with Crippen molar-refractivity contribution >= 4 is 29.3 Å². The summed E-state index contributed by atoms with van der Waals surface area (Å²) < 4.78 is 0. The zero-order valence-electron chi connectivity index (χ0n) is 12.0.